The van der Waals surface area contributed by atoms with Crippen LogP contribution in [0.1, 0.15) is 0 Å². The van der Waals surface area contributed by atoms with Crippen molar-refractivity contribution in [2.75, 3.05) is 0 Å². The zero-order valence-electron chi connectivity index (χ0n) is 13.6. The van der Waals surface area contributed by atoms with Crippen LogP contribution in [0.5, 0.6) is 0 Å². The zero-order valence-corrected chi connectivity index (χ0v) is 13.6. The molecule has 0 fully saturated rings. The highest BCUT2D eigenvalue weighted by molar-refractivity contribution is 6.32. The van der Waals surface area contributed by atoms with Crippen molar-refractivity contribution in [2.24, 2.45) is 0 Å². The predicted octanol–water partition coefficient (Wildman–Crippen LogP) is 6.78. The van der Waals surface area contributed by atoms with Crippen LogP contribution in [0, 0.1) is 0 Å². The van der Waals surface area contributed by atoms with Crippen molar-refractivity contribution >= 4 is 54.1 Å². The number of rotatable bonds is 0. The monoisotopic (exact) mass is 317 g/mol. The van der Waals surface area contributed by atoms with Gasteiger partial charge in [-0.2, -0.15) is 0 Å². The van der Waals surface area contributed by atoms with Crippen molar-refractivity contribution in [2.45, 2.75) is 0 Å². The molecule has 0 unspecified atom stereocenters. The first-order valence-electron chi connectivity index (χ1n) is 8.64. The van der Waals surface area contributed by atoms with E-state index in [2.05, 4.69) is 89.9 Å². The molecule has 0 spiro atoms. The van der Waals surface area contributed by atoms with E-state index in [9.17, 15) is 0 Å². The molecule has 0 aliphatic rings. The summed E-state index contributed by atoms with van der Waals surface area (Å²) in [5, 5.41) is 10.5. The molecule has 6 aromatic rings. The van der Waals surface area contributed by atoms with Crippen molar-refractivity contribution in [3.63, 3.8) is 0 Å². The van der Waals surface area contributed by atoms with E-state index >= 15 is 0 Å². The van der Waals surface area contributed by atoms with Crippen LogP contribution in [0.2, 0.25) is 0 Å². The number of aromatic nitrogens is 1. The Kier molecular flexibility index (Phi) is 2.40. The summed E-state index contributed by atoms with van der Waals surface area (Å²) in [6.07, 6.45) is 0. The third-order valence-electron chi connectivity index (χ3n) is 5.37. The van der Waals surface area contributed by atoms with E-state index < -0.39 is 0 Å². The molecule has 1 heteroatoms. The molecule has 5 aromatic carbocycles. The SMILES string of the molecule is c1ccc2c(c1)c1ccccc1c1cccc3[nH]c4cccc2c4c31. The molecular formula is C24H15N. The predicted molar refractivity (Wildman–Crippen MR) is 108 cm³/mol. The van der Waals surface area contributed by atoms with E-state index in [1.54, 1.807) is 0 Å². The summed E-state index contributed by atoms with van der Waals surface area (Å²) in [7, 11) is 0. The van der Waals surface area contributed by atoms with Crippen molar-refractivity contribution in [1.82, 2.24) is 4.98 Å². The number of H-pyrrole nitrogens is 1. The maximum atomic E-state index is 3.62. The van der Waals surface area contributed by atoms with Crippen molar-refractivity contribution in [3.8, 4) is 0 Å². The topological polar surface area (TPSA) is 15.8 Å². The van der Waals surface area contributed by atoms with Gasteiger partial charge in [-0.25, -0.2) is 0 Å². The molecule has 0 aliphatic carbocycles. The third kappa shape index (κ3) is 1.62. The van der Waals surface area contributed by atoms with E-state index in [4.69, 9.17) is 0 Å². The van der Waals surface area contributed by atoms with E-state index in [1.165, 1.54) is 54.1 Å². The normalized spacial score (nSPS) is 12.0. The Hall–Kier alpha value is -3.32. The molecule has 0 bridgehead atoms. The van der Waals surface area contributed by atoms with Crippen LogP contribution in [0.15, 0.2) is 84.9 Å². The Morgan fingerprint density at radius 1 is 0.360 bits per heavy atom. The van der Waals surface area contributed by atoms with E-state index in [0.717, 1.165) is 0 Å². The highest BCUT2D eigenvalue weighted by Gasteiger charge is 2.13. The molecule has 0 radical (unpaired) electrons. The van der Waals surface area contributed by atoms with Gasteiger partial charge in [0.05, 0.1) is 0 Å². The first-order valence-corrected chi connectivity index (χ1v) is 8.64. The van der Waals surface area contributed by atoms with Crippen LogP contribution in [0.4, 0.5) is 0 Å². The summed E-state index contributed by atoms with van der Waals surface area (Å²) in [5.74, 6) is 0. The summed E-state index contributed by atoms with van der Waals surface area (Å²) < 4.78 is 0. The quantitative estimate of drug-likeness (QED) is 0.318. The lowest BCUT2D eigenvalue weighted by Gasteiger charge is -2.08. The molecule has 25 heavy (non-hydrogen) atoms. The van der Waals surface area contributed by atoms with Gasteiger partial charge in [-0.05, 0) is 44.5 Å². The molecule has 0 saturated carbocycles. The fraction of sp³-hybridized carbons (Fsp3) is 0. The summed E-state index contributed by atoms with van der Waals surface area (Å²) >= 11 is 0. The van der Waals surface area contributed by atoms with Crippen molar-refractivity contribution in [3.05, 3.63) is 84.9 Å². The maximum Gasteiger partial charge on any atom is 0.0471 e. The molecule has 0 amide bonds. The summed E-state index contributed by atoms with van der Waals surface area (Å²) in [6, 6.07) is 30.7. The molecule has 1 heterocycles. The highest BCUT2D eigenvalue weighted by atomic mass is 14.7. The Morgan fingerprint density at radius 3 is 1.16 bits per heavy atom. The largest absolute Gasteiger partial charge is 0.354 e. The molecule has 1 N–H and O–H groups in total. The Balaban J connectivity index is 2.17. The van der Waals surface area contributed by atoms with Gasteiger partial charge in [0.25, 0.3) is 0 Å². The fourth-order valence-corrected chi connectivity index (χ4v) is 4.35. The van der Waals surface area contributed by atoms with Gasteiger partial charge in [0.15, 0.2) is 0 Å². The van der Waals surface area contributed by atoms with Crippen molar-refractivity contribution in [1.29, 1.82) is 0 Å². The first kappa shape index (κ1) is 13.0. The number of fused-ring (bicyclic) bond motifs is 5. The molecular weight excluding hydrogens is 302 g/mol. The van der Waals surface area contributed by atoms with Crippen LogP contribution in [0.3, 0.4) is 0 Å². The molecule has 1 nitrogen and oxygen atoms in total. The second-order valence-electron chi connectivity index (χ2n) is 6.67. The van der Waals surface area contributed by atoms with Gasteiger partial charge in [-0.1, -0.05) is 72.8 Å². The fourth-order valence-electron chi connectivity index (χ4n) is 4.35. The molecule has 0 saturated heterocycles. The lowest BCUT2D eigenvalue weighted by molar-refractivity contribution is 1.55. The Labute approximate surface area is 144 Å². The van der Waals surface area contributed by atoms with Gasteiger partial charge in [-0.15, -0.1) is 0 Å². The zero-order chi connectivity index (χ0) is 16.4. The number of benzene rings is 4. The molecule has 0 aliphatic heterocycles. The second-order valence-corrected chi connectivity index (χ2v) is 6.67. The number of hydrogen-bond acceptors (Lipinski definition) is 0. The number of aromatic amines is 1. The van der Waals surface area contributed by atoms with Gasteiger partial charge >= 0.3 is 0 Å². The Morgan fingerprint density at radius 2 is 0.720 bits per heavy atom. The van der Waals surface area contributed by atoms with Crippen LogP contribution >= 0.6 is 0 Å². The van der Waals surface area contributed by atoms with E-state index in [1.807, 2.05) is 0 Å². The third-order valence-corrected chi connectivity index (χ3v) is 5.37. The van der Waals surface area contributed by atoms with Gasteiger partial charge < -0.3 is 4.98 Å². The summed E-state index contributed by atoms with van der Waals surface area (Å²) in [5.41, 5.74) is 2.41. The van der Waals surface area contributed by atoms with Crippen molar-refractivity contribution < 1.29 is 0 Å². The van der Waals surface area contributed by atoms with E-state index in [-0.39, 0.29) is 0 Å². The van der Waals surface area contributed by atoms with Crippen LogP contribution < -0.4 is 0 Å². The van der Waals surface area contributed by atoms with Crippen LogP contribution in [0.25, 0.3) is 54.1 Å². The minimum atomic E-state index is 1.20. The highest BCUT2D eigenvalue weighted by Crippen LogP contribution is 2.39. The molecule has 116 valence electrons. The molecule has 1 aromatic heterocycles. The van der Waals surface area contributed by atoms with Gasteiger partial charge in [0, 0.05) is 21.8 Å². The van der Waals surface area contributed by atoms with Gasteiger partial charge in [-0.3, -0.25) is 0 Å². The molecule has 6 rings (SSSR count). The summed E-state index contributed by atoms with van der Waals surface area (Å²) in [4.78, 5) is 3.62. The maximum absolute atomic E-state index is 3.62. The average Bonchev–Trinajstić information content (AvgIpc) is 3.06. The summed E-state index contributed by atoms with van der Waals surface area (Å²) in [6.45, 7) is 0. The average molecular weight is 317 g/mol. The van der Waals surface area contributed by atoms with E-state index in [0.29, 0.717) is 0 Å². The number of hydrogen-bond donors (Lipinski definition) is 1. The standard InChI is InChI=1S/C24H15N/c1-3-9-17-15(7-1)16-8-2-4-10-18(16)20-12-6-14-22-24(20)23-19(17)11-5-13-21(23)25-22/h1-14,25H. The minimum Gasteiger partial charge on any atom is -0.354 e. The van der Waals surface area contributed by atoms with Crippen LogP contribution in [-0.2, 0) is 0 Å². The molecule has 0 atom stereocenters. The minimum absolute atomic E-state index is 1.20. The smallest absolute Gasteiger partial charge is 0.0471 e. The second kappa shape index (κ2) is 4.61. The lowest BCUT2D eigenvalue weighted by atomic mass is 9.95. The van der Waals surface area contributed by atoms with Gasteiger partial charge in [0.1, 0.15) is 0 Å². The van der Waals surface area contributed by atoms with Crippen LogP contribution in [-0.4, -0.2) is 4.98 Å². The lowest BCUT2D eigenvalue weighted by Crippen LogP contribution is -1.81. The number of nitrogens with one attached hydrogen (secondary N) is 1. The Bertz CT molecular complexity index is 1330. The van der Waals surface area contributed by atoms with Gasteiger partial charge in [0.2, 0.25) is 0 Å². The first-order chi connectivity index (χ1) is 12.4.